The van der Waals surface area contributed by atoms with Crippen molar-refractivity contribution >= 4 is 12.1 Å². The zero-order valence-electron chi connectivity index (χ0n) is 17.7. The zero-order valence-corrected chi connectivity index (χ0v) is 17.7. The Morgan fingerprint density at radius 2 is 2.00 bits per heavy atom. The summed E-state index contributed by atoms with van der Waals surface area (Å²) in [7, 11) is 3.95. The van der Waals surface area contributed by atoms with Crippen LogP contribution in [0.1, 0.15) is 24.5 Å². The number of anilines is 1. The van der Waals surface area contributed by atoms with E-state index < -0.39 is 0 Å². The second kappa shape index (κ2) is 8.03. The van der Waals surface area contributed by atoms with E-state index in [9.17, 15) is 9.18 Å². The number of para-hydroxylation sites is 1. The fraction of sp³-hybridized carbons (Fsp3) is 0.333. The molecule has 1 saturated heterocycles. The number of amides is 1. The second-order valence-corrected chi connectivity index (χ2v) is 8.51. The van der Waals surface area contributed by atoms with Gasteiger partial charge < -0.3 is 9.80 Å². The van der Waals surface area contributed by atoms with E-state index in [2.05, 4.69) is 30.0 Å². The summed E-state index contributed by atoms with van der Waals surface area (Å²) in [5.74, 6) is -0.326. The van der Waals surface area contributed by atoms with Crippen molar-refractivity contribution in [2.75, 3.05) is 25.0 Å². The van der Waals surface area contributed by atoms with E-state index in [1.165, 1.54) is 6.07 Å². The zero-order chi connectivity index (χ0) is 21.3. The predicted octanol–water partition coefficient (Wildman–Crippen LogP) is 3.98. The number of likely N-dealkylation sites (tertiary alicyclic amines) is 1. The van der Waals surface area contributed by atoms with E-state index in [4.69, 9.17) is 0 Å². The molecular weight excluding hydrogens is 379 g/mol. The number of hydrogen-bond donors (Lipinski definition) is 0. The number of carbonyl (C=O) groups is 1. The summed E-state index contributed by atoms with van der Waals surface area (Å²) < 4.78 is 16.6. The highest BCUT2D eigenvalue weighted by Gasteiger charge is 2.36. The van der Waals surface area contributed by atoms with Crippen LogP contribution in [0.5, 0.6) is 0 Å². The standard InChI is InChI=1S/C24H27FN4O/c1-24(10-11-27(2)16-24)21-6-4-5-7-23(21)29(17-30)15-19-9-8-18(12-22(19)25)20-13-26-28(3)14-20/h4-9,12-14,17H,10-11,15-16H2,1-3H3. The summed E-state index contributed by atoms with van der Waals surface area (Å²) in [6, 6.07) is 13.1. The molecule has 1 aliphatic heterocycles. The van der Waals surface area contributed by atoms with Crippen LogP contribution in [-0.2, 0) is 23.8 Å². The predicted molar refractivity (Wildman–Crippen MR) is 117 cm³/mol. The van der Waals surface area contributed by atoms with Crippen molar-refractivity contribution in [1.82, 2.24) is 14.7 Å². The fourth-order valence-corrected chi connectivity index (χ4v) is 4.43. The van der Waals surface area contributed by atoms with Gasteiger partial charge in [0.25, 0.3) is 0 Å². The molecule has 1 aromatic heterocycles. The van der Waals surface area contributed by atoms with Gasteiger partial charge >= 0.3 is 0 Å². The van der Waals surface area contributed by atoms with Crippen molar-refractivity contribution in [3.63, 3.8) is 0 Å². The first kappa shape index (κ1) is 20.3. The van der Waals surface area contributed by atoms with E-state index in [1.54, 1.807) is 21.8 Å². The van der Waals surface area contributed by atoms with Gasteiger partial charge in [0, 0.05) is 42.0 Å². The second-order valence-electron chi connectivity index (χ2n) is 8.51. The Balaban J connectivity index is 1.63. The topological polar surface area (TPSA) is 41.4 Å². The molecule has 1 amide bonds. The van der Waals surface area contributed by atoms with Gasteiger partial charge in [-0.25, -0.2) is 4.39 Å². The van der Waals surface area contributed by atoms with Gasteiger partial charge in [-0.15, -0.1) is 0 Å². The Morgan fingerprint density at radius 3 is 2.63 bits per heavy atom. The average molecular weight is 407 g/mol. The molecule has 156 valence electrons. The van der Waals surface area contributed by atoms with Crippen molar-refractivity contribution < 1.29 is 9.18 Å². The number of benzene rings is 2. The summed E-state index contributed by atoms with van der Waals surface area (Å²) in [5, 5.41) is 4.14. The van der Waals surface area contributed by atoms with Crippen molar-refractivity contribution in [2.45, 2.75) is 25.3 Å². The van der Waals surface area contributed by atoms with Crippen LogP contribution in [0.25, 0.3) is 11.1 Å². The van der Waals surface area contributed by atoms with Gasteiger partial charge in [-0.1, -0.05) is 37.3 Å². The molecule has 0 N–H and O–H groups in total. The molecule has 0 saturated carbocycles. The molecule has 1 unspecified atom stereocenters. The quantitative estimate of drug-likeness (QED) is 0.582. The van der Waals surface area contributed by atoms with Crippen LogP contribution in [0.2, 0.25) is 0 Å². The van der Waals surface area contributed by atoms with E-state index in [-0.39, 0.29) is 17.8 Å². The highest BCUT2D eigenvalue weighted by molar-refractivity contribution is 5.78. The number of hydrogen-bond acceptors (Lipinski definition) is 3. The molecule has 0 radical (unpaired) electrons. The van der Waals surface area contributed by atoms with E-state index >= 15 is 0 Å². The number of nitrogens with zero attached hydrogens (tertiary/aromatic N) is 4. The Hall–Kier alpha value is -2.99. The number of rotatable bonds is 6. The lowest BCUT2D eigenvalue weighted by atomic mass is 9.80. The minimum atomic E-state index is -0.326. The molecule has 0 aliphatic carbocycles. The molecule has 2 heterocycles. The SMILES string of the molecule is CN1CCC(C)(c2ccccc2N(C=O)Cc2ccc(-c3cnn(C)c3)cc2F)C1. The van der Waals surface area contributed by atoms with E-state index in [0.29, 0.717) is 5.56 Å². The minimum Gasteiger partial charge on any atom is -0.310 e. The van der Waals surface area contributed by atoms with Crippen LogP contribution in [0.3, 0.4) is 0 Å². The van der Waals surface area contributed by atoms with Gasteiger partial charge in [0.15, 0.2) is 0 Å². The van der Waals surface area contributed by atoms with Crippen LogP contribution >= 0.6 is 0 Å². The van der Waals surface area contributed by atoms with Crippen molar-refractivity contribution in [2.24, 2.45) is 7.05 Å². The summed E-state index contributed by atoms with van der Waals surface area (Å²) in [6.45, 7) is 4.38. The smallest absolute Gasteiger partial charge is 0.214 e. The molecule has 0 spiro atoms. The van der Waals surface area contributed by atoms with E-state index in [1.807, 2.05) is 37.5 Å². The number of aryl methyl sites for hydroxylation is 1. The molecule has 1 aliphatic rings. The van der Waals surface area contributed by atoms with Crippen molar-refractivity contribution in [3.8, 4) is 11.1 Å². The average Bonchev–Trinajstić information content (AvgIpc) is 3.33. The van der Waals surface area contributed by atoms with Gasteiger partial charge in [0.1, 0.15) is 5.82 Å². The molecule has 30 heavy (non-hydrogen) atoms. The lowest BCUT2D eigenvalue weighted by molar-refractivity contribution is -0.107. The first-order valence-corrected chi connectivity index (χ1v) is 10.2. The largest absolute Gasteiger partial charge is 0.310 e. The normalized spacial score (nSPS) is 19.2. The third kappa shape index (κ3) is 3.87. The van der Waals surface area contributed by atoms with Crippen LogP contribution in [0, 0.1) is 5.82 Å². The summed E-state index contributed by atoms with van der Waals surface area (Å²) in [4.78, 5) is 15.9. The lowest BCUT2D eigenvalue weighted by Gasteiger charge is -2.30. The Labute approximate surface area is 176 Å². The number of aromatic nitrogens is 2. The van der Waals surface area contributed by atoms with Crippen LogP contribution < -0.4 is 4.90 Å². The third-order valence-electron chi connectivity index (χ3n) is 6.09. The number of halogens is 1. The van der Waals surface area contributed by atoms with Crippen molar-refractivity contribution in [1.29, 1.82) is 0 Å². The van der Waals surface area contributed by atoms with Crippen LogP contribution in [-0.4, -0.2) is 41.2 Å². The summed E-state index contributed by atoms with van der Waals surface area (Å²) >= 11 is 0. The fourth-order valence-electron chi connectivity index (χ4n) is 4.43. The first-order valence-electron chi connectivity index (χ1n) is 10.2. The Morgan fingerprint density at radius 1 is 1.20 bits per heavy atom. The summed E-state index contributed by atoms with van der Waals surface area (Å²) in [6.07, 6.45) is 5.39. The molecule has 6 heteroatoms. The van der Waals surface area contributed by atoms with E-state index in [0.717, 1.165) is 48.3 Å². The third-order valence-corrected chi connectivity index (χ3v) is 6.09. The van der Waals surface area contributed by atoms with Gasteiger partial charge in [-0.05, 0) is 43.3 Å². The maximum atomic E-state index is 14.9. The molecule has 0 bridgehead atoms. The van der Waals surface area contributed by atoms with Gasteiger partial charge in [-0.3, -0.25) is 9.48 Å². The molecule has 1 fully saturated rings. The number of carbonyl (C=O) groups excluding carboxylic acids is 1. The van der Waals surface area contributed by atoms with Crippen LogP contribution in [0.4, 0.5) is 10.1 Å². The van der Waals surface area contributed by atoms with Crippen molar-refractivity contribution in [3.05, 3.63) is 71.8 Å². The van der Waals surface area contributed by atoms with Gasteiger partial charge in [0.05, 0.1) is 12.7 Å². The Kier molecular flexibility index (Phi) is 5.43. The first-order chi connectivity index (χ1) is 14.4. The number of likely N-dealkylation sites (N-methyl/N-ethyl adjacent to an activating group) is 1. The molecule has 4 rings (SSSR count). The minimum absolute atomic E-state index is 0.0324. The molecular formula is C24H27FN4O. The maximum absolute atomic E-state index is 14.9. The van der Waals surface area contributed by atoms with Gasteiger partial charge in [-0.2, -0.15) is 5.10 Å². The highest BCUT2D eigenvalue weighted by atomic mass is 19.1. The Bertz CT molecular complexity index is 1060. The van der Waals surface area contributed by atoms with Crippen LogP contribution in [0.15, 0.2) is 54.9 Å². The van der Waals surface area contributed by atoms with Gasteiger partial charge in [0.2, 0.25) is 6.41 Å². The highest BCUT2D eigenvalue weighted by Crippen LogP contribution is 2.39. The maximum Gasteiger partial charge on any atom is 0.214 e. The lowest BCUT2D eigenvalue weighted by Crippen LogP contribution is -2.30. The summed E-state index contributed by atoms with van der Waals surface area (Å²) in [5.41, 5.74) is 4.06. The molecule has 2 aromatic carbocycles. The molecule has 3 aromatic rings. The molecule has 1 atom stereocenters. The molecule has 5 nitrogen and oxygen atoms in total. The monoisotopic (exact) mass is 406 g/mol.